The average Bonchev–Trinajstić information content (AvgIpc) is 2.69. The zero-order valence-electron chi connectivity index (χ0n) is 15.6. The largest absolute Gasteiger partial charge is 0.457 e. The Bertz CT molecular complexity index is 941. The molecule has 27 heavy (non-hydrogen) atoms. The van der Waals surface area contributed by atoms with E-state index in [1.165, 1.54) is 0 Å². The van der Waals surface area contributed by atoms with Crippen LogP contribution in [-0.2, 0) is 16.0 Å². The minimum Gasteiger partial charge on any atom is -0.457 e. The van der Waals surface area contributed by atoms with Crippen molar-refractivity contribution in [2.75, 3.05) is 6.61 Å². The van der Waals surface area contributed by atoms with Crippen LogP contribution in [0.4, 0.5) is 0 Å². The second-order valence-corrected chi connectivity index (χ2v) is 6.64. The molecule has 0 aromatic heterocycles. The fraction of sp³-hybridized carbons (Fsp3) is 0.167. The molecule has 3 aromatic rings. The summed E-state index contributed by atoms with van der Waals surface area (Å²) in [4.78, 5) is 24.4. The van der Waals surface area contributed by atoms with E-state index in [9.17, 15) is 9.59 Å². The summed E-state index contributed by atoms with van der Waals surface area (Å²) in [6.45, 7) is 3.58. The number of hydrogen-bond donors (Lipinski definition) is 0. The van der Waals surface area contributed by atoms with Crippen molar-refractivity contribution < 1.29 is 14.3 Å². The molecular formula is C24H22O3. The van der Waals surface area contributed by atoms with Gasteiger partial charge in [-0.15, -0.1) is 0 Å². The first-order valence-corrected chi connectivity index (χ1v) is 8.93. The molecule has 3 aromatic carbocycles. The molecule has 0 spiro atoms. The maximum Gasteiger partial charge on any atom is 0.310 e. The smallest absolute Gasteiger partial charge is 0.310 e. The van der Waals surface area contributed by atoms with Crippen molar-refractivity contribution in [3.63, 3.8) is 0 Å². The van der Waals surface area contributed by atoms with Gasteiger partial charge in [0.15, 0.2) is 6.61 Å². The Balaban J connectivity index is 1.56. The van der Waals surface area contributed by atoms with E-state index < -0.39 is 5.97 Å². The lowest BCUT2D eigenvalue weighted by atomic mass is 10.0. The van der Waals surface area contributed by atoms with Crippen LogP contribution >= 0.6 is 0 Å². The minimum absolute atomic E-state index is 0.148. The predicted molar refractivity (Wildman–Crippen MR) is 107 cm³/mol. The van der Waals surface area contributed by atoms with Gasteiger partial charge in [-0.05, 0) is 42.2 Å². The first-order valence-electron chi connectivity index (χ1n) is 8.93. The molecule has 0 atom stereocenters. The van der Waals surface area contributed by atoms with Crippen molar-refractivity contribution in [2.45, 2.75) is 20.3 Å². The van der Waals surface area contributed by atoms with E-state index in [4.69, 9.17) is 4.74 Å². The summed E-state index contributed by atoms with van der Waals surface area (Å²) in [6, 6.07) is 23.5. The second-order valence-electron chi connectivity index (χ2n) is 6.64. The lowest BCUT2D eigenvalue weighted by Gasteiger charge is -2.08. The molecule has 0 radical (unpaired) electrons. The second kappa shape index (κ2) is 8.45. The molecular weight excluding hydrogens is 336 g/mol. The lowest BCUT2D eigenvalue weighted by molar-refractivity contribution is -0.141. The van der Waals surface area contributed by atoms with Crippen molar-refractivity contribution in [1.82, 2.24) is 0 Å². The van der Waals surface area contributed by atoms with Crippen LogP contribution in [0.5, 0.6) is 0 Å². The van der Waals surface area contributed by atoms with Crippen LogP contribution < -0.4 is 0 Å². The highest BCUT2D eigenvalue weighted by Crippen LogP contribution is 2.19. The highest BCUT2D eigenvalue weighted by molar-refractivity contribution is 5.99. The molecule has 0 bridgehead atoms. The van der Waals surface area contributed by atoms with Crippen molar-refractivity contribution in [2.24, 2.45) is 0 Å². The Kier molecular flexibility index (Phi) is 5.82. The van der Waals surface area contributed by atoms with Crippen molar-refractivity contribution in [3.05, 3.63) is 95.1 Å². The number of aryl methyl sites for hydroxylation is 2. The van der Waals surface area contributed by atoms with Crippen LogP contribution in [-0.4, -0.2) is 18.4 Å². The fourth-order valence-corrected chi connectivity index (χ4v) is 2.92. The molecule has 0 aliphatic carbocycles. The molecule has 0 aliphatic heterocycles. The predicted octanol–water partition coefficient (Wildman–Crippen LogP) is 4.94. The molecule has 0 fully saturated rings. The molecule has 0 heterocycles. The first-order chi connectivity index (χ1) is 13.0. The van der Waals surface area contributed by atoms with Gasteiger partial charge < -0.3 is 4.74 Å². The Labute approximate surface area is 159 Å². The Morgan fingerprint density at radius 3 is 2.19 bits per heavy atom. The average molecular weight is 358 g/mol. The molecule has 0 aliphatic rings. The number of ketones is 1. The number of ether oxygens (including phenoxy) is 1. The monoisotopic (exact) mass is 358 g/mol. The van der Waals surface area contributed by atoms with Crippen LogP contribution in [0.3, 0.4) is 0 Å². The van der Waals surface area contributed by atoms with Crippen LogP contribution in [0.25, 0.3) is 11.1 Å². The maximum absolute atomic E-state index is 12.3. The zero-order chi connectivity index (χ0) is 19.2. The van der Waals surface area contributed by atoms with Gasteiger partial charge in [0.1, 0.15) is 0 Å². The van der Waals surface area contributed by atoms with E-state index in [0.29, 0.717) is 5.56 Å². The molecule has 0 N–H and O–H groups in total. The third-order valence-electron chi connectivity index (χ3n) is 4.47. The summed E-state index contributed by atoms with van der Waals surface area (Å²) >= 11 is 0. The van der Waals surface area contributed by atoms with E-state index in [0.717, 1.165) is 27.8 Å². The summed E-state index contributed by atoms with van der Waals surface area (Å²) in [5, 5.41) is 0. The first kappa shape index (κ1) is 18.6. The van der Waals surface area contributed by atoms with Crippen LogP contribution in [0, 0.1) is 13.8 Å². The van der Waals surface area contributed by atoms with Gasteiger partial charge in [-0.3, -0.25) is 9.59 Å². The minimum atomic E-state index is -0.402. The van der Waals surface area contributed by atoms with E-state index in [1.54, 1.807) is 0 Å². The third-order valence-corrected chi connectivity index (χ3v) is 4.47. The standard InChI is InChI=1S/C24H22O3/c1-17-8-9-18(2)22(14-17)23(25)16-27-24(26)15-19-10-12-21(13-11-19)20-6-4-3-5-7-20/h3-14H,15-16H2,1-2H3. The Morgan fingerprint density at radius 2 is 1.48 bits per heavy atom. The fourth-order valence-electron chi connectivity index (χ4n) is 2.92. The zero-order valence-corrected chi connectivity index (χ0v) is 15.6. The highest BCUT2D eigenvalue weighted by atomic mass is 16.5. The van der Waals surface area contributed by atoms with Gasteiger partial charge in [-0.25, -0.2) is 0 Å². The maximum atomic E-state index is 12.3. The summed E-state index contributed by atoms with van der Waals surface area (Å²) in [5.41, 5.74) is 5.59. The number of rotatable bonds is 6. The van der Waals surface area contributed by atoms with E-state index in [-0.39, 0.29) is 18.8 Å². The van der Waals surface area contributed by atoms with E-state index in [1.807, 2.05) is 86.6 Å². The lowest BCUT2D eigenvalue weighted by Crippen LogP contribution is -2.16. The van der Waals surface area contributed by atoms with Gasteiger partial charge in [-0.1, -0.05) is 72.3 Å². The quantitative estimate of drug-likeness (QED) is 0.463. The van der Waals surface area contributed by atoms with Crippen molar-refractivity contribution in [3.8, 4) is 11.1 Å². The number of hydrogen-bond acceptors (Lipinski definition) is 3. The summed E-state index contributed by atoms with van der Waals surface area (Å²) < 4.78 is 5.18. The van der Waals surface area contributed by atoms with Crippen molar-refractivity contribution in [1.29, 1.82) is 0 Å². The molecule has 3 nitrogen and oxygen atoms in total. The molecule has 136 valence electrons. The Hall–Kier alpha value is -3.20. The van der Waals surface area contributed by atoms with Crippen LogP contribution in [0.2, 0.25) is 0 Å². The topological polar surface area (TPSA) is 43.4 Å². The molecule has 3 rings (SSSR count). The van der Waals surface area contributed by atoms with Gasteiger partial charge in [0.05, 0.1) is 6.42 Å². The van der Waals surface area contributed by atoms with Crippen molar-refractivity contribution >= 4 is 11.8 Å². The number of carbonyl (C=O) groups excluding carboxylic acids is 2. The molecule has 0 amide bonds. The van der Waals surface area contributed by atoms with E-state index in [2.05, 4.69) is 0 Å². The molecule has 0 unspecified atom stereocenters. The van der Waals surface area contributed by atoms with Gasteiger partial charge in [0.25, 0.3) is 0 Å². The van der Waals surface area contributed by atoms with Gasteiger partial charge in [-0.2, -0.15) is 0 Å². The third kappa shape index (κ3) is 4.91. The SMILES string of the molecule is Cc1ccc(C)c(C(=O)COC(=O)Cc2ccc(-c3ccccc3)cc2)c1. The highest BCUT2D eigenvalue weighted by Gasteiger charge is 2.13. The molecule has 0 saturated heterocycles. The number of carbonyl (C=O) groups is 2. The number of Topliss-reactive ketones (excluding diaryl/α,β-unsaturated/α-hetero) is 1. The van der Waals surface area contributed by atoms with Crippen LogP contribution in [0.1, 0.15) is 27.0 Å². The molecule has 3 heteroatoms. The van der Waals surface area contributed by atoms with E-state index >= 15 is 0 Å². The van der Waals surface area contributed by atoms with Crippen LogP contribution in [0.15, 0.2) is 72.8 Å². The number of esters is 1. The summed E-state index contributed by atoms with van der Waals surface area (Å²) in [5.74, 6) is -0.579. The molecule has 0 saturated carbocycles. The normalized spacial score (nSPS) is 10.4. The Morgan fingerprint density at radius 1 is 0.815 bits per heavy atom. The van der Waals surface area contributed by atoms with Gasteiger partial charge in [0, 0.05) is 5.56 Å². The number of benzene rings is 3. The summed E-state index contributed by atoms with van der Waals surface area (Å²) in [6.07, 6.45) is 0.148. The van der Waals surface area contributed by atoms with Gasteiger partial charge >= 0.3 is 5.97 Å². The summed E-state index contributed by atoms with van der Waals surface area (Å²) in [7, 11) is 0. The van der Waals surface area contributed by atoms with Gasteiger partial charge in [0.2, 0.25) is 5.78 Å².